The Morgan fingerprint density at radius 3 is 2.56 bits per heavy atom. The molecule has 0 aliphatic rings. The zero-order valence-electron chi connectivity index (χ0n) is 9.47. The zero-order chi connectivity index (χ0) is 11.5. The monoisotopic (exact) mass is 217 g/mol. The van der Waals surface area contributed by atoms with Crippen LogP contribution in [0.3, 0.4) is 0 Å². The Balaban J connectivity index is 2.45. The minimum atomic E-state index is 0.495. The third-order valence-corrected chi connectivity index (χ3v) is 2.60. The number of nitrogens with zero attached hydrogens (tertiary/aromatic N) is 2. The van der Waals surface area contributed by atoms with Gasteiger partial charge in [0.15, 0.2) is 0 Å². The van der Waals surface area contributed by atoms with Crippen LogP contribution in [0, 0.1) is 0 Å². The number of rotatable bonds is 3. The number of aryl methyl sites for hydroxylation is 1. The van der Waals surface area contributed by atoms with E-state index >= 15 is 0 Å². The Morgan fingerprint density at radius 2 is 2.00 bits per heavy atom. The van der Waals surface area contributed by atoms with Crippen molar-refractivity contribution >= 4 is 0 Å². The lowest BCUT2D eigenvalue weighted by Crippen LogP contribution is -2.00. The van der Waals surface area contributed by atoms with Gasteiger partial charge in [0.05, 0.1) is 19.0 Å². The number of benzene rings is 1. The zero-order valence-corrected chi connectivity index (χ0v) is 9.47. The van der Waals surface area contributed by atoms with E-state index in [2.05, 4.69) is 5.10 Å². The first-order chi connectivity index (χ1) is 7.76. The molecule has 0 aliphatic heterocycles. The average Bonchev–Trinajstić information content (AvgIpc) is 2.70. The fraction of sp³-hybridized carbons (Fsp3) is 0.250. The predicted molar refractivity (Wildman–Crippen MR) is 63.1 cm³/mol. The van der Waals surface area contributed by atoms with Crippen molar-refractivity contribution in [3.8, 4) is 17.0 Å². The van der Waals surface area contributed by atoms with E-state index in [1.54, 1.807) is 13.3 Å². The molecule has 16 heavy (non-hydrogen) atoms. The average molecular weight is 217 g/mol. The van der Waals surface area contributed by atoms with Crippen LogP contribution in [-0.4, -0.2) is 16.9 Å². The topological polar surface area (TPSA) is 53.1 Å². The summed E-state index contributed by atoms with van der Waals surface area (Å²) in [5.74, 6) is 0.847. The van der Waals surface area contributed by atoms with Gasteiger partial charge in [0.25, 0.3) is 0 Å². The van der Waals surface area contributed by atoms with E-state index in [0.29, 0.717) is 6.54 Å². The first kappa shape index (κ1) is 10.7. The van der Waals surface area contributed by atoms with Crippen molar-refractivity contribution in [1.82, 2.24) is 9.78 Å². The molecular weight excluding hydrogens is 202 g/mol. The Morgan fingerprint density at radius 1 is 1.31 bits per heavy atom. The summed E-state index contributed by atoms with van der Waals surface area (Å²) in [6.45, 7) is 0.495. The first-order valence-corrected chi connectivity index (χ1v) is 5.11. The smallest absolute Gasteiger partial charge is 0.118 e. The normalized spacial score (nSPS) is 10.4. The summed E-state index contributed by atoms with van der Waals surface area (Å²) >= 11 is 0. The minimum Gasteiger partial charge on any atom is -0.497 e. The number of hydrogen-bond acceptors (Lipinski definition) is 3. The second-order valence-corrected chi connectivity index (χ2v) is 3.57. The van der Waals surface area contributed by atoms with Crippen molar-refractivity contribution in [2.24, 2.45) is 12.8 Å². The molecule has 84 valence electrons. The molecule has 4 heteroatoms. The standard InChI is InChI=1S/C12H15N3O/c1-15-12(10(7-13)8-14-15)9-3-5-11(16-2)6-4-9/h3-6,8H,7,13H2,1-2H3. The summed E-state index contributed by atoms with van der Waals surface area (Å²) in [7, 11) is 3.57. The molecule has 1 heterocycles. The second kappa shape index (κ2) is 4.37. The molecule has 2 N–H and O–H groups in total. The highest BCUT2D eigenvalue weighted by Gasteiger charge is 2.09. The molecule has 2 rings (SSSR count). The summed E-state index contributed by atoms with van der Waals surface area (Å²) in [6.07, 6.45) is 1.81. The third kappa shape index (κ3) is 1.79. The van der Waals surface area contributed by atoms with E-state index in [1.807, 2.05) is 36.0 Å². The molecule has 0 saturated carbocycles. The number of hydrogen-bond donors (Lipinski definition) is 1. The van der Waals surface area contributed by atoms with Crippen LogP contribution in [0.25, 0.3) is 11.3 Å². The van der Waals surface area contributed by atoms with Crippen LogP contribution >= 0.6 is 0 Å². The molecule has 1 aromatic carbocycles. The van der Waals surface area contributed by atoms with Crippen molar-refractivity contribution in [3.05, 3.63) is 36.0 Å². The van der Waals surface area contributed by atoms with Crippen LogP contribution in [0.15, 0.2) is 30.5 Å². The number of methoxy groups -OCH3 is 1. The Kier molecular flexibility index (Phi) is 2.92. The van der Waals surface area contributed by atoms with Gasteiger partial charge in [0, 0.05) is 24.7 Å². The summed E-state index contributed by atoms with van der Waals surface area (Å²) in [4.78, 5) is 0. The van der Waals surface area contributed by atoms with Gasteiger partial charge in [0.1, 0.15) is 5.75 Å². The maximum absolute atomic E-state index is 5.68. The maximum Gasteiger partial charge on any atom is 0.118 e. The van der Waals surface area contributed by atoms with E-state index in [-0.39, 0.29) is 0 Å². The van der Waals surface area contributed by atoms with Crippen LogP contribution in [0.4, 0.5) is 0 Å². The summed E-state index contributed by atoms with van der Waals surface area (Å²) in [5.41, 5.74) is 8.89. The first-order valence-electron chi connectivity index (χ1n) is 5.11. The molecule has 0 atom stereocenters. The molecule has 0 radical (unpaired) electrons. The van der Waals surface area contributed by atoms with E-state index in [0.717, 1.165) is 22.6 Å². The van der Waals surface area contributed by atoms with Gasteiger partial charge in [-0.05, 0) is 24.3 Å². The van der Waals surface area contributed by atoms with Crippen LogP contribution in [0.2, 0.25) is 0 Å². The molecule has 0 amide bonds. The van der Waals surface area contributed by atoms with Crippen molar-refractivity contribution in [1.29, 1.82) is 0 Å². The van der Waals surface area contributed by atoms with Gasteiger partial charge in [-0.2, -0.15) is 5.10 Å². The van der Waals surface area contributed by atoms with Crippen LogP contribution in [0.5, 0.6) is 5.75 Å². The fourth-order valence-corrected chi connectivity index (χ4v) is 1.75. The second-order valence-electron chi connectivity index (χ2n) is 3.57. The van der Waals surface area contributed by atoms with Crippen molar-refractivity contribution in [3.63, 3.8) is 0 Å². The number of ether oxygens (including phenoxy) is 1. The van der Waals surface area contributed by atoms with Crippen molar-refractivity contribution in [2.45, 2.75) is 6.54 Å². The largest absolute Gasteiger partial charge is 0.497 e. The van der Waals surface area contributed by atoms with Gasteiger partial charge in [-0.3, -0.25) is 4.68 Å². The van der Waals surface area contributed by atoms with Gasteiger partial charge >= 0.3 is 0 Å². The molecule has 1 aromatic heterocycles. The molecular formula is C12H15N3O. The molecule has 0 aliphatic carbocycles. The van der Waals surface area contributed by atoms with Gasteiger partial charge in [0.2, 0.25) is 0 Å². The van der Waals surface area contributed by atoms with Crippen molar-refractivity contribution < 1.29 is 4.74 Å². The Labute approximate surface area is 94.6 Å². The third-order valence-electron chi connectivity index (χ3n) is 2.60. The van der Waals surface area contributed by atoms with Gasteiger partial charge < -0.3 is 10.5 Å². The van der Waals surface area contributed by atoms with E-state index in [1.165, 1.54) is 0 Å². The van der Waals surface area contributed by atoms with Crippen molar-refractivity contribution in [2.75, 3.05) is 7.11 Å². The van der Waals surface area contributed by atoms with Crippen LogP contribution < -0.4 is 10.5 Å². The highest BCUT2D eigenvalue weighted by Crippen LogP contribution is 2.24. The quantitative estimate of drug-likeness (QED) is 0.848. The number of nitrogens with two attached hydrogens (primary N) is 1. The Bertz CT molecular complexity index is 474. The fourth-order valence-electron chi connectivity index (χ4n) is 1.75. The van der Waals surface area contributed by atoms with Gasteiger partial charge in [-0.15, -0.1) is 0 Å². The van der Waals surface area contributed by atoms with Gasteiger partial charge in [-0.1, -0.05) is 0 Å². The molecule has 0 saturated heterocycles. The minimum absolute atomic E-state index is 0.495. The SMILES string of the molecule is COc1ccc(-c2c(CN)cnn2C)cc1. The lowest BCUT2D eigenvalue weighted by molar-refractivity contribution is 0.415. The molecule has 0 bridgehead atoms. The maximum atomic E-state index is 5.68. The summed E-state index contributed by atoms with van der Waals surface area (Å²) in [5, 5.41) is 4.21. The predicted octanol–water partition coefficient (Wildman–Crippen LogP) is 1.55. The molecule has 4 nitrogen and oxygen atoms in total. The molecule has 0 unspecified atom stereocenters. The molecule has 0 fully saturated rings. The van der Waals surface area contributed by atoms with Gasteiger partial charge in [-0.25, -0.2) is 0 Å². The van der Waals surface area contributed by atoms with Crippen LogP contribution in [-0.2, 0) is 13.6 Å². The van der Waals surface area contributed by atoms with E-state index < -0.39 is 0 Å². The lowest BCUT2D eigenvalue weighted by Gasteiger charge is -2.06. The summed E-state index contributed by atoms with van der Waals surface area (Å²) in [6, 6.07) is 7.88. The van der Waals surface area contributed by atoms with E-state index in [9.17, 15) is 0 Å². The highest BCUT2D eigenvalue weighted by molar-refractivity contribution is 5.64. The lowest BCUT2D eigenvalue weighted by atomic mass is 10.1. The Hall–Kier alpha value is -1.81. The summed E-state index contributed by atoms with van der Waals surface area (Å²) < 4.78 is 6.96. The van der Waals surface area contributed by atoms with Crippen LogP contribution in [0.1, 0.15) is 5.56 Å². The van der Waals surface area contributed by atoms with E-state index in [4.69, 9.17) is 10.5 Å². The molecule has 2 aromatic rings. The molecule has 0 spiro atoms. The number of aromatic nitrogens is 2. The highest BCUT2D eigenvalue weighted by atomic mass is 16.5.